The van der Waals surface area contributed by atoms with Crippen LogP contribution in [0, 0.1) is 0 Å². The van der Waals surface area contributed by atoms with Gasteiger partial charge in [0, 0.05) is 44.0 Å². The lowest BCUT2D eigenvalue weighted by molar-refractivity contribution is -0.116. The number of aromatic nitrogens is 2. The molecule has 6 heteroatoms. The molecule has 0 atom stereocenters. The molecule has 3 aromatic rings. The third kappa shape index (κ3) is 4.06. The van der Waals surface area contributed by atoms with E-state index in [1.807, 2.05) is 43.3 Å². The number of amides is 1. The summed E-state index contributed by atoms with van der Waals surface area (Å²) >= 11 is 0. The summed E-state index contributed by atoms with van der Waals surface area (Å²) in [5.41, 5.74) is 3.72. The summed E-state index contributed by atoms with van der Waals surface area (Å²) < 4.78 is 3.43. The lowest BCUT2D eigenvalue weighted by Gasteiger charge is -2.28. The molecule has 4 rings (SSSR count). The van der Waals surface area contributed by atoms with Gasteiger partial charge in [0.1, 0.15) is 0 Å². The van der Waals surface area contributed by atoms with Gasteiger partial charge in [-0.15, -0.1) is 0 Å². The normalized spacial score (nSPS) is 14.3. The Hall–Kier alpha value is -3.02. The Morgan fingerprint density at radius 1 is 0.931 bits per heavy atom. The molecule has 0 bridgehead atoms. The molecule has 1 N–H and O–H groups in total. The number of hydrogen-bond acceptors (Lipinski definition) is 3. The van der Waals surface area contributed by atoms with Gasteiger partial charge in [0.2, 0.25) is 5.91 Å². The van der Waals surface area contributed by atoms with Crippen molar-refractivity contribution in [3.8, 4) is 0 Å². The maximum absolute atomic E-state index is 12.7. The second-order valence-electron chi connectivity index (χ2n) is 7.56. The molecule has 0 aliphatic carbocycles. The van der Waals surface area contributed by atoms with Crippen LogP contribution in [0.3, 0.4) is 0 Å². The minimum Gasteiger partial charge on any atom is -0.372 e. The van der Waals surface area contributed by atoms with E-state index in [0.29, 0.717) is 13.1 Å². The van der Waals surface area contributed by atoms with E-state index in [1.165, 1.54) is 24.9 Å². The number of imidazole rings is 1. The summed E-state index contributed by atoms with van der Waals surface area (Å²) in [5, 5.41) is 2.95. The molecule has 1 aliphatic rings. The fourth-order valence-electron chi connectivity index (χ4n) is 4.14. The fraction of sp³-hybridized carbons (Fsp3) is 0.391. The molecule has 29 heavy (non-hydrogen) atoms. The zero-order valence-corrected chi connectivity index (χ0v) is 16.9. The van der Waals surface area contributed by atoms with E-state index in [9.17, 15) is 9.59 Å². The number of rotatable bonds is 6. The van der Waals surface area contributed by atoms with Crippen LogP contribution in [0.2, 0.25) is 0 Å². The van der Waals surface area contributed by atoms with Gasteiger partial charge in [0.15, 0.2) is 0 Å². The monoisotopic (exact) mass is 392 g/mol. The molecule has 152 valence electrons. The van der Waals surface area contributed by atoms with E-state index < -0.39 is 0 Å². The average molecular weight is 393 g/mol. The Labute approximate surface area is 170 Å². The molecule has 1 aromatic heterocycles. The van der Waals surface area contributed by atoms with Crippen molar-refractivity contribution in [3.63, 3.8) is 0 Å². The summed E-state index contributed by atoms with van der Waals surface area (Å²) in [6, 6.07) is 15.8. The number of carbonyl (C=O) groups is 1. The van der Waals surface area contributed by atoms with Crippen LogP contribution in [0.5, 0.6) is 0 Å². The highest BCUT2D eigenvalue weighted by atomic mass is 16.2. The Morgan fingerprint density at radius 3 is 2.24 bits per heavy atom. The summed E-state index contributed by atoms with van der Waals surface area (Å²) in [5.74, 6) is -0.0871. The van der Waals surface area contributed by atoms with Crippen LogP contribution in [-0.2, 0) is 17.9 Å². The standard InChI is InChI=1S/C23H28N4O2/c1-2-26-20-8-4-5-9-21(20)27(23(26)29)17-14-22(28)24-18-10-12-19(13-11-18)25-15-6-3-7-16-25/h4-5,8-13H,2-3,6-7,14-17H2,1H3,(H,24,28). The van der Waals surface area contributed by atoms with Crippen LogP contribution in [0.15, 0.2) is 53.3 Å². The van der Waals surface area contributed by atoms with Crippen molar-refractivity contribution in [3.05, 3.63) is 59.0 Å². The first kappa shape index (κ1) is 19.3. The molecule has 1 fully saturated rings. The number of nitrogens with zero attached hydrogens (tertiary/aromatic N) is 3. The molecule has 1 aliphatic heterocycles. The molecule has 1 saturated heterocycles. The van der Waals surface area contributed by atoms with Crippen LogP contribution in [0.25, 0.3) is 11.0 Å². The molecule has 2 aromatic carbocycles. The number of fused-ring (bicyclic) bond motifs is 1. The van der Waals surface area contributed by atoms with Crippen LogP contribution >= 0.6 is 0 Å². The number of benzene rings is 2. The van der Waals surface area contributed by atoms with Gasteiger partial charge in [-0.25, -0.2) is 4.79 Å². The number of anilines is 2. The van der Waals surface area contributed by atoms with E-state index in [0.717, 1.165) is 29.8 Å². The first-order chi connectivity index (χ1) is 14.2. The minimum absolute atomic E-state index is 0.0626. The van der Waals surface area contributed by atoms with Gasteiger partial charge < -0.3 is 10.2 Å². The largest absolute Gasteiger partial charge is 0.372 e. The third-order valence-electron chi connectivity index (χ3n) is 5.68. The summed E-state index contributed by atoms with van der Waals surface area (Å²) in [7, 11) is 0. The Bertz CT molecular complexity index is 1040. The lowest BCUT2D eigenvalue weighted by Crippen LogP contribution is -2.29. The van der Waals surface area contributed by atoms with Gasteiger partial charge in [0.25, 0.3) is 0 Å². The van der Waals surface area contributed by atoms with Crippen molar-refractivity contribution in [2.45, 2.75) is 45.7 Å². The van der Waals surface area contributed by atoms with Crippen LogP contribution in [0.1, 0.15) is 32.6 Å². The third-order valence-corrected chi connectivity index (χ3v) is 5.68. The van der Waals surface area contributed by atoms with Crippen molar-refractivity contribution in [2.24, 2.45) is 0 Å². The number of para-hydroxylation sites is 2. The smallest absolute Gasteiger partial charge is 0.329 e. The molecule has 0 saturated carbocycles. The Balaban J connectivity index is 1.40. The number of carbonyl (C=O) groups excluding carboxylic acids is 1. The Kier molecular flexibility index (Phi) is 5.69. The maximum Gasteiger partial charge on any atom is 0.329 e. The molecule has 2 heterocycles. The van der Waals surface area contributed by atoms with Gasteiger partial charge in [-0.2, -0.15) is 0 Å². The first-order valence-electron chi connectivity index (χ1n) is 10.5. The predicted molar refractivity (Wildman–Crippen MR) is 118 cm³/mol. The van der Waals surface area contributed by atoms with Crippen molar-refractivity contribution < 1.29 is 4.79 Å². The van der Waals surface area contributed by atoms with Gasteiger partial charge in [-0.1, -0.05) is 12.1 Å². The summed E-state index contributed by atoms with van der Waals surface area (Å²) in [6.07, 6.45) is 4.05. The van der Waals surface area contributed by atoms with Crippen LogP contribution in [-0.4, -0.2) is 28.1 Å². The maximum atomic E-state index is 12.7. The fourth-order valence-corrected chi connectivity index (χ4v) is 4.14. The Morgan fingerprint density at radius 2 is 1.59 bits per heavy atom. The van der Waals surface area contributed by atoms with Crippen molar-refractivity contribution in [1.82, 2.24) is 9.13 Å². The van der Waals surface area contributed by atoms with Gasteiger partial charge >= 0.3 is 5.69 Å². The number of piperidine rings is 1. The van der Waals surface area contributed by atoms with Crippen LogP contribution < -0.4 is 15.9 Å². The number of hydrogen-bond donors (Lipinski definition) is 1. The van der Waals surface area contributed by atoms with E-state index in [2.05, 4.69) is 22.3 Å². The second kappa shape index (κ2) is 8.55. The van der Waals surface area contributed by atoms with E-state index in [4.69, 9.17) is 0 Å². The summed E-state index contributed by atoms with van der Waals surface area (Å²) in [4.78, 5) is 27.5. The zero-order valence-electron chi connectivity index (χ0n) is 16.9. The van der Waals surface area contributed by atoms with Crippen molar-refractivity contribution in [2.75, 3.05) is 23.3 Å². The molecular weight excluding hydrogens is 364 g/mol. The number of nitrogens with one attached hydrogen (secondary N) is 1. The molecule has 0 spiro atoms. The number of aryl methyl sites for hydroxylation is 2. The highest BCUT2D eigenvalue weighted by Crippen LogP contribution is 2.22. The molecule has 1 amide bonds. The molecular formula is C23H28N4O2. The van der Waals surface area contributed by atoms with Crippen molar-refractivity contribution in [1.29, 1.82) is 0 Å². The van der Waals surface area contributed by atoms with E-state index in [-0.39, 0.29) is 18.0 Å². The average Bonchev–Trinajstić information content (AvgIpc) is 3.04. The lowest BCUT2D eigenvalue weighted by atomic mass is 10.1. The second-order valence-corrected chi connectivity index (χ2v) is 7.56. The van der Waals surface area contributed by atoms with E-state index in [1.54, 1.807) is 9.13 Å². The molecule has 0 radical (unpaired) electrons. The first-order valence-corrected chi connectivity index (χ1v) is 10.5. The zero-order chi connectivity index (χ0) is 20.2. The SMILES string of the molecule is CCn1c(=O)n(CCC(=O)Nc2ccc(N3CCCCC3)cc2)c2ccccc21. The van der Waals surface area contributed by atoms with Gasteiger partial charge in [0.05, 0.1) is 11.0 Å². The van der Waals surface area contributed by atoms with Gasteiger partial charge in [-0.3, -0.25) is 13.9 Å². The topological polar surface area (TPSA) is 59.3 Å². The summed E-state index contributed by atoms with van der Waals surface area (Å²) in [6.45, 7) is 5.14. The molecule has 6 nitrogen and oxygen atoms in total. The predicted octanol–water partition coefficient (Wildman–Crippen LogP) is 3.84. The minimum atomic E-state index is -0.0871. The van der Waals surface area contributed by atoms with Gasteiger partial charge in [-0.05, 0) is 62.6 Å². The van der Waals surface area contributed by atoms with E-state index >= 15 is 0 Å². The highest BCUT2D eigenvalue weighted by Gasteiger charge is 2.14. The quantitative estimate of drug-likeness (QED) is 0.693. The highest BCUT2D eigenvalue weighted by molar-refractivity contribution is 5.91. The molecule has 0 unspecified atom stereocenters. The van der Waals surface area contributed by atoms with Crippen molar-refractivity contribution >= 4 is 28.3 Å². The van der Waals surface area contributed by atoms with Crippen LogP contribution in [0.4, 0.5) is 11.4 Å².